The van der Waals surface area contributed by atoms with Crippen LogP contribution in [0, 0.1) is 19.8 Å². The summed E-state index contributed by atoms with van der Waals surface area (Å²) in [6.45, 7) is 7.33. The van der Waals surface area contributed by atoms with Crippen LogP contribution in [0.3, 0.4) is 0 Å². The summed E-state index contributed by atoms with van der Waals surface area (Å²) in [6, 6.07) is 5.31. The molecule has 0 spiro atoms. The maximum absolute atomic E-state index is 13.0. The van der Waals surface area contributed by atoms with Gasteiger partial charge in [0.2, 0.25) is 10.0 Å². The molecule has 2 saturated heterocycles. The van der Waals surface area contributed by atoms with Crippen LogP contribution in [-0.4, -0.2) is 61.8 Å². The summed E-state index contributed by atoms with van der Waals surface area (Å²) < 4.78 is 33.0. The molecule has 7 nitrogen and oxygen atoms in total. The molecule has 0 radical (unpaired) electrons. The Hall–Kier alpha value is -1.93. The number of amides is 1. The summed E-state index contributed by atoms with van der Waals surface area (Å²) in [6.07, 6.45) is 4.21. The maximum atomic E-state index is 13.0. The number of hydrogen-bond acceptors (Lipinski definition) is 5. The molecule has 2 aliphatic rings. The third-order valence-corrected chi connectivity index (χ3v) is 8.35. The van der Waals surface area contributed by atoms with Crippen molar-refractivity contribution in [1.29, 1.82) is 0 Å². The normalized spacial score (nSPS) is 20.2. The molecule has 3 rings (SSSR count). The number of benzene rings is 1. The zero-order valence-electron chi connectivity index (χ0n) is 18.8. The highest BCUT2D eigenvalue weighted by Gasteiger charge is 2.35. The van der Waals surface area contributed by atoms with Crippen molar-refractivity contribution in [3.63, 3.8) is 0 Å². The molecule has 1 atom stereocenters. The van der Waals surface area contributed by atoms with E-state index < -0.39 is 22.1 Å². The van der Waals surface area contributed by atoms with Gasteiger partial charge in [0.1, 0.15) is 0 Å². The lowest BCUT2D eigenvalue weighted by atomic mass is 9.98. The van der Waals surface area contributed by atoms with Crippen molar-refractivity contribution >= 4 is 21.9 Å². The van der Waals surface area contributed by atoms with Gasteiger partial charge in [0.25, 0.3) is 5.91 Å². The molecule has 2 heterocycles. The van der Waals surface area contributed by atoms with Gasteiger partial charge >= 0.3 is 5.97 Å². The van der Waals surface area contributed by atoms with Gasteiger partial charge in [-0.05, 0) is 58.1 Å². The molecule has 1 amide bonds. The van der Waals surface area contributed by atoms with E-state index in [4.69, 9.17) is 4.74 Å². The van der Waals surface area contributed by atoms with Crippen molar-refractivity contribution < 1.29 is 22.7 Å². The zero-order chi connectivity index (χ0) is 22.6. The molecule has 0 bridgehead atoms. The van der Waals surface area contributed by atoms with E-state index in [1.807, 2.05) is 13.0 Å². The van der Waals surface area contributed by atoms with Gasteiger partial charge in [-0.1, -0.05) is 30.5 Å². The number of likely N-dealkylation sites (tertiary alicyclic amines) is 1. The average molecular weight is 451 g/mol. The van der Waals surface area contributed by atoms with E-state index in [1.54, 1.807) is 30.9 Å². The van der Waals surface area contributed by atoms with Crippen LogP contribution in [0.25, 0.3) is 0 Å². The van der Waals surface area contributed by atoms with Gasteiger partial charge in [-0.2, -0.15) is 4.31 Å². The third kappa shape index (κ3) is 5.66. The van der Waals surface area contributed by atoms with Gasteiger partial charge in [0.15, 0.2) is 6.10 Å². The van der Waals surface area contributed by atoms with Gasteiger partial charge in [-0.3, -0.25) is 9.59 Å². The second-order valence-corrected chi connectivity index (χ2v) is 10.7. The SMILES string of the molecule is Cc1ccc(S(=O)(=O)N2CCC(C(=O)O[C@H](C)C(=O)N3CCCCCC3)CC2)c(C)c1. The van der Waals surface area contributed by atoms with E-state index in [1.165, 1.54) is 4.31 Å². The van der Waals surface area contributed by atoms with Crippen LogP contribution >= 0.6 is 0 Å². The van der Waals surface area contributed by atoms with E-state index in [9.17, 15) is 18.0 Å². The summed E-state index contributed by atoms with van der Waals surface area (Å²) in [7, 11) is -3.59. The Labute approximate surface area is 185 Å². The Morgan fingerprint density at radius 2 is 1.61 bits per heavy atom. The number of carbonyl (C=O) groups excluding carboxylic acids is 2. The molecule has 2 aliphatic heterocycles. The largest absolute Gasteiger partial charge is 0.452 e. The number of hydrogen-bond donors (Lipinski definition) is 0. The number of aryl methyl sites for hydroxylation is 2. The van der Waals surface area contributed by atoms with Crippen LogP contribution < -0.4 is 0 Å². The standard InChI is InChI=1S/C23H34N2O5S/c1-17-8-9-21(18(2)16-17)31(28,29)25-14-10-20(11-15-25)23(27)30-19(3)22(26)24-12-6-4-5-7-13-24/h8-9,16,19-20H,4-7,10-15H2,1-3H3/t19-/m1/s1. The number of sulfonamides is 1. The number of esters is 1. The zero-order valence-corrected chi connectivity index (χ0v) is 19.6. The van der Waals surface area contributed by atoms with Crippen LogP contribution in [0.1, 0.15) is 56.6 Å². The molecule has 1 aromatic rings. The van der Waals surface area contributed by atoms with E-state index >= 15 is 0 Å². The minimum Gasteiger partial charge on any atom is -0.452 e. The lowest BCUT2D eigenvalue weighted by molar-refractivity contribution is -0.163. The fourth-order valence-electron chi connectivity index (χ4n) is 4.43. The molecule has 8 heteroatoms. The molecule has 0 aromatic heterocycles. The Kier molecular flexibility index (Phi) is 7.75. The highest BCUT2D eigenvalue weighted by molar-refractivity contribution is 7.89. The van der Waals surface area contributed by atoms with Crippen LogP contribution in [0.5, 0.6) is 0 Å². The smallest absolute Gasteiger partial charge is 0.309 e. The molecule has 2 fully saturated rings. The number of carbonyl (C=O) groups is 2. The lowest BCUT2D eigenvalue weighted by Crippen LogP contribution is -2.43. The van der Waals surface area contributed by atoms with E-state index in [0.717, 1.165) is 49.9 Å². The second kappa shape index (κ2) is 10.1. The Balaban J connectivity index is 1.55. The lowest BCUT2D eigenvalue weighted by Gasteiger charge is -2.31. The molecule has 0 aliphatic carbocycles. The second-order valence-electron chi connectivity index (χ2n) is 8.77. The van der Waals surface area contributed by atoms with Gasteiger partial charge in [0.05, 0.1) is 10.8 Å². The Bertz CT molecular complexity index is 899. The van der Waals surface area contributed by atoms with Gasteiger partial charge < -0.3 is 9.64 Å². The summed E-state index contributed by atoms with van der Waals surface area (Å²) in [5.74, 6) is -0.922. The number of nitrogens with zero attached hydrogens (tertiary/aromatic N) is 2. The molecule has 0 saturated carbocycles. The first-order chi connectivity index (χ1) is 14.7. The monoisotopic (exact) mass is 450 g/mol. The first-order valence-corrected chi connectivity index (χ1v) is 12.7. The Morgan fingerprint density at radius 1 is 1.00 bits per heavy atom. The first kappa shape index (κ1) is 23.7. The van der Waals surface area contributed by atoms with Crippen LogP contribution in [0.2, 0.25) is 0 Å². The van der Waals surface area contributed by atoms with Crippen molar-refractivity contribution in [1.82, 2.24) is 9.21 Å². The first-order valence-electron chi connectivity index (χ1n) is 11.3. The molecular formula is C23H34N2O5S. The highest BCUT2D eigenvalue weighted by Crippen LogP contribution is 2.27. The molecule has 0 N–H and O–H groups in total. The fourth-order valence-corrected chi connectivity index (χ4v) is 6.10. The van der Waals surface area contributed by atoms with Crippen LogP contribution in [-0.2, 0) is 24.3 Å². The van der Waals surface area contributed by atoms with Crippen molar-refractivity contribution in [3.8, 4) is 0 Å². The van der Waals surface area contributed by atoms with Gasteiger partial charge in [-0.25, -0.2) is 8.42 Å². The maximum Gasteiger partial charge on any atom is 0.309 e. The summed E-state index contributed by atoms with van der Waals surface area (Å²) >= 11 is 0. The highest BCUT2D eigenvalue weighted by atomic mass is 32.2. The van der Waals surface area contributed by atoms with Crippen molar-refractivity contribution in [2.45, 2.75) is 70.3 Å². The van der Waals surface area contributed by atoms with Crippen molar-refractivity contribution in [2.75, 3.05) is 26.2 Å². The van der Waals surface area contributed by atoms with Gasteiger partial charge in [0, 0.05) is 26.2 Å². The molecule has 172 valence electrons. The molecule has 1 aromatic carbocycles. The van der Waals surface area contributed by atoms with Crippen LogP contribution in [0.4, 0.5) is 0 Å². The quantitative estimate of drug-likeness (QED) is 0.644. The fraction of sp³-hybridized carbons (Fsp3) is 0.652. The number of piperidine rings is 1. The van der Waals surface area contributed by atoms with E-state index in [-0.39, 0.29) is 24.9 Å². The van der Waals surface area contributed by atoms with Crippen molar-refractivity contribution in [3.05, 3.63) is 29.3 Å². The summed E-state index contributed by atoms with van der Waals surface area (Å²) in [5.41, 5.74) is 1.74. The predicted molar refractivity (Wildman–Crippen MR) is 118 cm³/mol. The van der Waals surface area contributed by atoms with E-state index in [0.29, 0.717) is 17.7 Å². The molecular weight excluding hydrogens is 416 g/mol. The minimum absolute atomic E-state index is 0.134. The summed E-state index contributed by atoms with van der Waals surface area (Å²) in [5, 5.41) is 0. The average Bonchev–Trinajstić information content (AvgIpc) is 3.02. The van der Waals surface area contributed by atoms with Gasteiger partial charge in [-0.15, -0.1) is 0 Å². The molecule has 0 unspecified atom stereocenters. The topological polar surface area (TPSA) is 84.0 Å². The molecule has 31 heavy (non-hydrogen) atoms. The minimum atomic E-state index is -3.59. The van der Waals surface area contributed by atoms with E-state index in [2.05, 4.69) is 0 Å². The number of ether oxygens (including phenoxy) is 1. The third-order valence-electron chi connectivity index (χ3n) is 6.29. The van der Waals surface area contributed by atoms with Crippen LogP contribution in [0.15, 0.2) is 23.1 Å². The Morgan fingerprint density at radius 3 is 2.19 bits per heavy atom. The summed E-state index contributed by atoms with van der Waals surface area (Å²) in [4.78, 5) is 27.4. The predicted octanol–water partition coefficient (Wildman–Crippen LogP) is 3.04. The number of rotatable bonds is 5. The van der Waals surface area contributed by atoms with Crippen molar-refractivity contribution in [2.24, 2.45) is 5.92 Å².